The van der Waals surface area contributed by atoms with Gasteiger partial charge >= 0.3 is 0 Å². The Hall–Kier alpha value is -2.21. The zero-order chi connectivity index (χ0) is 14.9. The summed E-state index contributed by atoms with van der Waals surface area (Å²) >= 11 is 5.63. The van der Waals surface area contributed by atoms with Crippen LogP contribution in [-0.2, 0) is 0 Å². The van der Waals surface area contributed by atoms with Crippen molar-refractivity contribution in [2.45, 2.75) is 0 Å². The topological polar surface area (TPSA) is 55.1 Å². The first kappa shape index (κ1) is 14.2. The highest BCUT2D eigenvalue weighted by atomic mass is 35.5. The Morgan fingerprint density at radius 3 is 2.40 bits per heavy atom. The largest absolute Gasteiger partial charge is 0.396 e. The summed E-state index contributed by atoms with van der Waals surface area (Å²) in [4.78, 5) is 11.8. The first-order valence-corrected chi connectivity index (χ1v) is 5.77. The number of rotatable bonds is 2. The van der Waals surface area contributed by atoms with Gasteiger partial charge in [-0.25, -0.2) is 13.2 Å². The minimum absolute atomic E-state index is 0.0727. The van der Waals surface area contributed by atoms with Crippen LogP contribution < -0.4 is 11.1 Å². The fourth-order valence-corrected chi connectivity index (χ4v) is 1.76. The molecule has 0 heterocycles. The first-order valence-electron chi connectivity index (χ1n) is 5.39. The zero-order valence-corrected chi connectivity index (χ0v) is 10.6. The second-order valence-corrected chi connectivity index (χ2v) is 4.34. The van der Waals surface area contributed by atoms with Gasteiger partial charge in [-0.1, -0.05) is 11.6 Å². The summed E-state index contributed by atoms with van der Waals surface area (Å²) < 4.78 is 39.6. The number of halogens is 4. The van der Waals surface area contributed by atoms with Crippen molar-refractivity contribution in [1.82, 2.24) is 0 Å². The van der Waals surface area contributed by atoms with Crippen molar-refractivity contribution in [3.8, 4) is 0 Å². The van der Waals surface area contributed by atoms with E-state index in [-0.39, 0.29) is 22.0 Å². The van der Waals surface area contributed by atoms with Crippen molar-refractivity contribution in [2.75, 3.05) is 11.1 Å². The van der Waals surface area contributed by atoms with Crippen LogP contribution in [0.4, 0.5) is 24.5 Å². The van der Waals surface area contributed by atoms with Gasteiger partial charge < -0.3 is 11.1 Å². The Morgan fingerprint density at radius 1 is 1.10 bits per heavy atom. The number of carbonyl (C=O) groups is 1. The van der Waals surface area contributed by atoms with Crippen LogP contribution in [0, 0.1) is 17.5 Å². The second-order valence-electron chi connectivity index (χ2n) is 3.93. The van der Waals surface area contributed by atoms with Crippen molar-refractivity contribution in [3.63, 3.8) is 0 Å². The minimum atomic E-state index is -1.03. The number of carbonyl (C=O) groups excluding carboxylic acids is 1. The molecular formula is C13H8ClF3N2O. The fraction of sp³-hybridized carbons (Fsp3) is 0. The molecule has 2 aromatic carbocycles. The molecule has 0 unspecified atom stereocenters. The van der Waals surface area contributed by atoms with E-state index in [4.69, 9.17) is 17.3 Å². The van der Waals surface area contributed by atoms with Gasteiger partial charge in [0.1, 0.15) is 11.6 Å². The Labute approximate surface area is 117 Å². The Morgan fingerprint density at radius 2 is 1.80 bits per heavy atom. The lowest BCUT2D eigenvalue weighted by atomic mass is 10.2. The van der Waals surface area contributed by atoms with Crippen molar-refractivity contribution >= 4 is 28.9 Å². The molecule has 0 aliphatic carbocycles. The average Bonchev–Trinajstić information content (AvgIpc) is 2.36. The molecule has 0 aliphatic heterocycles. The normalized spacial score (nSPS) is 10.4. The van der Waals surface area contributed by atoms with Crippen molar-refractivity contribution in [1.29, 1.82) is 0 Å². The van der Waals surface area contributed by atoms with E-state index in [1.165, 1.54) is 12.1 Å². The summed E-state index contributed by atoms with van der Waals surface area (Å²) in [6.45, 7) is 0. The lowest BCUT2D eigenvalue weighted by Crippen LogP contribution is -2.14. The van der Waals surface area contributed by atoms with Crippen molar-refractivity contribution in [2.24, 2.45) is 0 Å². The smallest absolute Gasteiger partial charge is 0.255 e. The second kappa shape index (κ2) is 5.42. The highest BCUT2D eigenvalue weighted by molar-refractivity contribution is 6.34. The van der Waals surface area contributed by atoms with E-state index >= 15 is 0 Å². The molecule has 3 nitrogen and oxygen atoms in total. The monoisotopic (exact) mass is 300 g/mol. The van der Waals surface area contributed by atoms with Gasteiger partial charge in [0.05, 0.1) is 16.4 Å². The maximum Gasteiger partial charge on any atom is 0.255 e. The van der Waals surface area contributed by atoms with Crippen molar-refractivity contribution in [3.05, 3.63) is 58.4 Å². The quantitative estimate of drug-likeness (QED) is 0.833. The molecule has 2 aromatic rings. The summed E-state index contributed by atoms with van der Waals surface area (Å²) in [5.41, 5.74) is 4.71. The number of anilines is 2. The number of hydrogen-bond acceptors (Lipinski definition) is 2. The van der Waals surface area contributed by atoms with Gasteiger partial charge in [-0.2, -0.15) is 0 Å². The van der Waals surface area contributed by atoms with Gasteiger partial charge in [0.25, 0.3) is 5.91 Å². The predicted molar refractivity (Wildman–Crippen MR) is 70.1 cm³/mol. The molecular weight excluding hydrogens is 293 g/mol. The van der Waals surface area contributed by atoms with E-state index in [9.17, 15) is 18.0 Å². The first-order chi connectivity index (χ1) is 9.38. The van der Waals surface area contributed by atoms with Crippen LogP contribution in [0.1, 0.15) is 10.4 Å². The summed E-state index contributed by atoms with van der Waals surface area (Å²) in [6, 6.07) is 4.80. The Kier molecular flexibility index (Phi) is 3.85. The molecule has 0 atom stereocenters. The molecule has 2 rings (SSSR count). The van der Waals surface area contributed by atoms with Crippen LogP contribution in [0.3, 0.4) is 0 Å². The molecule has 3 N–H and O–H groups in total. The predicted octanol–water partition coefficient (Wildman–Crippen LogP) is 3.59. The van der Waals surface area contributed by atoms with Crippen LogP contribution in [0.25, 0.3) is 0 Å². The van der Waals surface area contributed by atoms with E-state index in [1.807, 2.05) is 0 Å². The zero-order valence-electron chi connectivity index (χ0n) is 9.88. The molecule has 0 aliphatic rings. The summed E-state index contributed by atoms with van der Waals surface area (Å²) in [5, 5.41) is 1.85. The van der Waals surface area contributed by atoms with Crippen LogP contribution in [0.15, 0.2) is 30.3 Å². The molecule has 0 aromatic heterocycles. The molecule has 1 amide bonds. The highest BCUT2D eigenvalue weighted by Crippen LogP contribution is 2.27. The standard InChI is InChI=1S/C13H8ClF3N2O/c14-8-4-7(15)5-10(17)12(8)19-13(20)6-1-2-11(18)9(16)3-6/h1-5H,18H2,(H,19,20). The molecule has 0 bridgehead atoms. The maximum atomic E-state index is 13.5. The molecule has 7 heteroatoms. The minimum Gasteiger partial charge on any atom is -0.396 e. The average molecular weight is 301 g/mol. The summed E-state index contributed by atoms with van der Waals surface area (Å²) in [5.74, 6) is -3.47. The van der Waals surface area contributed by atoms with Gasteiger partial charge in [-0.15, -0.1) is 0 Å². The van der Waals surface area contributed by atoms with E-state index in [0.29, 0.717) is 6.07 Å². The molecule has 0 radical (unpaired) electrons. The Balaban J connectivity index is 2.30. The fourth-order valence-electron chi connectivity index (χ4n) is 1.52. The molecule has 0 fully saturated rings. The number of nitrogens with one attached hydrogen (secondary N) is 1. The van der Waals surface area contributed by atoms with Gasteiger partial charge in [-0.05, 0) is 24.3 Å². The SMILES string of the molecule is Nc1ccc(C(=O)Nc2c(F)cc(F)cc2Cl)cc1F. The van der Waals surface area contributed by atoms with Gasteiger partial charge in [-0.3, -0.25) is 4.79 Å². The van der Waals surface area contributed by atoms with E-state index in [2.05, 4.69) is 5.32 Å². The highest BCUT2D eigenvalue weighted by Gasteiger charge is 2.15. The number of nitrogen functional groups attached to an aromatic ring is 1. The van der Waals surface area contributed by atoms with Crippen LogP contribution in [0.2, 0.25) is 5.02 Å². The van der Waals surface area contributed by atoms with Gasteiger partial charge in [0.15, 0.2) is 5.82 Å². The number of hydrogen-bond donors (Lipinski definition) is 2. The maximum absolute atomic E-state index is 13.5. The van der Waals surface area contributed by atoms with Gasteiger partial charge in [0, 0.05) is 11.6 Å². The lowest BCUT2D eigenvalue weighted by molar-refractivity contribution is 0.102. The third-order valence-electron chi connectivity index (χ3n) is 2.51. The van der Waals surface area contributed by atoms with Crippen LogP contribution in [-0.4, -0.2) is 5.91 Å². The number of benzene rings is 2. The molecule has 0 saturated heterocycles. The summed E-state index contributed by atoms with van der Waals surface area (Å²) in [7, 11) is 0. The number of amides is 1. The lowest BCUT2D eigenvalue weighted by Gasteiger charge is -2.09. The van der Waals surface area contributed by atoms with Crippen molar-refractivity contribution < 1.29 is 18.0 Å². The summed E-state index contributed by atoms with van der Waals surface area (Å²) in [6.07, 6.45) is 0. The molecule has 104 valence electrons. The van der Waals surface area contributed by atoms with Gasteiger partial charge in [0.2, 0.25) is 0 Å². The Bertz CT molecular complexity index is 668. The molecule has 0 spiro atoms. The number of nitrogens with two attached hydrogens (primary N) is 1. The molecule has 0 saturated carbocycles. The third kappa shape index (κ3) is 2.85. The molecule has 20 heavy (non-hydrogen) atoms. The van der Waals surface area contributed by atoms with E-state index in [0.717, 1.165) is 12.1 Å². The van der Waals surface area contributed by atoms with Crippen LogP contribution in [0.5, 0.6) is 0 Å². The van der Waals surface area contributed by atoms with E-state index < -0.39 is 23.4 Å². The van der Waals surface area contributed by atoms with E-state index in [1.54, 1.807) is 0 Å². The third-order valence-corrected chi connectivity index (χ3v) is 2.81. The van der Waals surface area contributed by atoms with Crippen LogP contribution >= 0.6 is 11.6 Å².